The molecule has 1 aromatic heterocycles. The fourth-order valence-corrected chi connectivity index (χ4v) is 3.42. The summed E-state index contributed by atoms with van der Waals surface area (Å²) in [4.78, 5) is 3.49. The summed E-state index contributed by atoms with van der Waals surface area (Å²) >= 11 is 1.67. The van der Waals surface area contributed by atoms with Crippen LogP contribution >= 0.6 is 11.3 Å². The monoisotopic (exact) mass is 295 g/mol. The van der Waals surface area contributed by atoms with E-state index in [0.29, 0.717) is 0 Å². The lowest BCUT2D eigenvalue weighted by molar-refractivity contribution is -0.150. The first kappa shape index (κ1) is 15.5. The fourth-order valence-electron chi connectivity index (χ4n) is 2.54. The second-order valence-electron chi connectivity index (χ2n) is 5.57. The number of hydrogen-bond donors (Lipinski definition) is 2. The number of thiophene rings is 1. The van der Waals surface area contributed by atoms with Crippen molar-refractivity contribution in [3.63, 3.8) is 0 Å². The SMILES string of the molecule is CC1(C)CN(Cc2sccc2C#CCO)CC(CO)O1. The van der Waals surface area contributed by atoms with Gasteiger partial charge in [-0.05, 0) is 25.3 Å². The molecule has 1 saturated heterocycles. The second-order valence-corrected chi connectivity index (χ2v) is 6.57. The number of rotatable bonds is 3. The minimum absolute atomic E-state index is 0.0432. The summed E-state index contributed by atoms with van der Waals surface area (Å²) in [5.41, 5.74) is 0.730. The number of aliphatic hydroxyl groups is 2. The van der Waals surface area contributed by atoms with Gasteiger partial charge in [-0.25, -0.2) is 0 Å². The quantitative estimate of drug-likeness (QED) is 0.819. The average molecular weight is 295 g/mol. The highest BCUT2D eigenvalue weighted by molar-refractivity contribution is 7.10. The van der Waals surface area contributed by atoms with Crippen LogP contribution < -0.4 is 0 Å². The molecule has 0 bridgehead atoms. The highest BCUT2D eigenvalue weighted by atomic mass is 32.1. The molecule has 2 rings (SSSR count). The average Bonchev–Trinajstić information content (AvgIpc) is 2.81. The van der Waals surface area contributed by atoms with Crippen molar-refractivity contribution in [2.24, 2.45) is 0 Å². The summed E-state index contributed by atoms with van der Waals surface area (Å²) in [5.74, 6) is 5.68. The van der Waals surface area contributed by atoms with E-state index >= 15 is 0 Å². The van der Waals surface area contributed by atoms with Crippen molar-refractivity contribution in [1.29, 1.82) is 0 Å². The van der Waals surface area contributed by atoms with Crippen LogP contribution in [0.3, 0.4) is 0 Å². The Balaban J connectivity index is 2.07. The van der Waals surface area contributed by atoms with Gasteiger partial charge in [-0.3, -0.25) is 4.90 Å². The lowest BCUT2D eigenvalue weighted by Crippen LogP contribution is -2.53. The highest BCUT2D eigenvalue weighted by Crippen LogP contribution is 2.25. The molecule has 1 aromatic rings. The maximum atomic E-state index is 9.34. The molecule has 1 fully saturated rings. The predicted molar refractivity (Wildman–Crippen MR) is 79.6 cm³/mol. The van der Waals surface area contributed by atoms with Crippen molar-refractivity contribution in [2.45, 2.75) is 32.1 Å². The van der Waals surface area contributed by atoms with Gasteiger partial charge in [0.15, 0.2) is 0 Å². The lowest BCUT2D eigenvalue weighted by Gasteiger charge is -2.42. The van der Waals surface area contributed by atoms with Crippen LogP contribution in [-0.4, -0.2) is 53.1 Å². The normalized spacial score (nSPS) is 22.3. The Labute approximate surface area is 124 Å². The molecule has 1 aliphatic heterocycles. The molecule has 20 heavy (non-hydrogen) atoms. The van der Waals surface area contributed by atoms with Crippen LogP contribution in [0.1, 0.15) is 24.3 Å². The summed E-state index contributed by atoms with van der Waals surface area (Å²) in [7, 11) is 0. The zero-order chi connectivity index (χ0) is 14.6. The summed E-state index contributed by atoms with van der Waals surface area (Å²) in [6, 6.07) is 1.98. The molecule has 5 heteroatoms. The van der Waals surface area contributed by atoms with Gasteiger partial charge in [0.1, 0.15) is 6.61 Å². The number of nitrogens with zero attached hydrogens (tertiary/aromatic N) is 1. The van der Waals surface area contributed by atoms with Crippen molar-refractivity contribution in [2.75, 3.05) is 26.3 Å². The van der Waals surface area contributed by atoms with Gasteiger partial charge in [-0.2, -0.15) is 0 Å². The molecule has 0 saturated carbocycles. The van der Waals surface area contributed by atoms with Crippen LogP contribution in [0.5, 0.6) is 0 Å². The fraction of sp³-hybridized carbons (Fsp3) is 0.600. The maximum absolute atomic E-state index is 9.34. The first-order valence-electron chi connectivity index (χ1n) is 6.71. The minimum Gasteiger partial charge on any atom is -0.394 e. The number of ether oxygens (including phenoxy) is 1. The van der Waals surface area contributed by atoms with E-state index in [1.54, 1.807) is 11.3 Å². The van der Waals surface area contributed by atoms with Gasteiger partial charge in [0.2, 0.25) is 0 Å². The number of morpholine rings is 1. The van der Waals surface area contributed by atoms with Gasteiger partial charge in [-0.1, -0.05) is 11.8 Å². The third kappa shape index (κ3) is 4.05. The van der Waals surface area contributed by atoms with E-state index in [-0.39, 0.29) is 24.9 Å². The predicted octanol–water partition coefficient (Wildman–Crippen LogP) is 1.06. The van der Waals surface area contributed by atoms with Crippen molar-refractivity contribution < 1.29 is 14.9 Å². The van der Waals surface area contributed by atoms with E-state index in [4.69, 9.17) is 9.84 Å². The third-order valence-electron chi connectivity index (χ3n) is 3.17. The van der Waals surface area contributed by atoms with Crippen molar-refractivity contribution in [1.82, 2.24) is 4.90 Å². The van der Waals surface area contributed by atoms with E-state index in [2.05, 4.69) is 16.7 Å². The Hall–Kier alpha value is -0.900. The molecule has 4 nitrogen and oxygen atoms in total. The zero-order valence-electron chi connectivity index (χ0n) is 11.9. The van der Waals surface area contributed by atoms with Crippen LogP contribution in [0.4, 0.5) is 0 Å². The Morgan fingerprint density at radius 1 is 1.50 bits per heavy atom. The van der Waals surface area contributed by atoms with Gasteiger partial charge in [0.25, 0.3) is 0 Å². The molecule has 0 amide bonds. The Morgan fingerprint density at radius 3 is 3.00 bits per heavy atom. The lowest BCUT2D eigenvalue weighted by atomic mass is 10.0. The molecule has 0 radical (unpaired) electrons. The zero-order valence-corrected chi connectivity index (χ0v) is 12.7. The molecule has 0 spiro atoms. The van der Waals surface area contributed by atoms with Crippen LogP contribution in [0, 0.1) is 11.8 Å². The van der Waals surface area contributed by atoms with E-state index in [1.807, 2.05) is 25.3 Å². The summed E-state index contributed by atoms with van der Waals surface area (Å²) < 4.78 is 5.82. The first-order valence-corrected chi connectivity index (χ1v) is 7.59. The Bertz CT molecular complexity index is 501. The van der Waals surface area contributed by atoms with Gasteiger partial charge in [0, 0.05) is 30.1 Å². The third-order valence-corrected chi connectivity index (χ3v) is 4.08. The van der Waals surface area contributed by atoms with Crippen LogP contribution in [-0.2, 0) is 11.3 Å². The van der Waals surface area contributed by atoms with Gasteiger partial charge >= 0.3 is 0 Å². The minimum atomic E-state index is -0.250. The van der Waals surface area contributed by atoms with Crippen molar-refractivity contribution in [3.8, 4) is 11.8 Å². The summed E-state index contributed by atoms with van der Waals surface area (Å²) in [6.45, 7) is 6.37. The van der Waals surface area contributed by atoms with Gasteiger partial charge in [0.05, 0.1) is 18.3 Å². The van der Waals surface area contributed by atoms with Crippen molar-refractivity contribution >= 4 is 11.3 Å². The number of hydrogen-bond acceptors (Lipinski definition) is 5. The van der Waals surface area contributed by atoms with Gasteiger partial charge in [-0.15, -0.1) is 11.3 Å². The molecular formula is C15H21NO3S. The topological polar surface area (TPSA) is 52.9 Å². The summed E-state index contributed by atoms with van der Waals surface area (Å²) in [6.07, 6.45) is -0.134. The highest BCUT2D eigenvalue weighted by Gasteiger charge is 2.33. The van der Waals surface area contributed by atoms with Gasteiger partial charge < -0.3 is 14.9 Å². The molecule has 0 aromatic carbocycles. The van der Waals surface area contributed by atoms with E-state index in [9.17, 15) is 5.11 Å². The molecule has 110 valence electrons. The van der Waals surface area contributed by atoms with Crippen LogP contribution in [0.25, 0.3) is 0 Å². The van der Waals surface area contributed by atoms with E-state index < -0.39 is 0 Å². The molecule has 1 aliphatic rings. The largest absolute Gasteiger partial charge is 0.394 e. The Kier molecular flexibility index (Phi) is 5.19. The van der Waals surface area contributed by atoms with Crippen LogP contribution in [0.15, 0.2) is 11.4 Å². The Morgan fingerprint density at radius 2 is 2.30 bits per heavy atom. The molecule has 1 atom stereocenters. The smallest absolute Gasteiger partial charge is 0.104 e. The standard InChI is InChI=1S/C15H21NO3S/c1-15(2)11-16(8-13(10-18)19-15)9-14-12(4-3-6-17)5-7-20-14/h5,7,13,17-18H,6,8-11H2,1-2H3. The van der Waals surface area contributed by atoms with E-state index in [1.165, 1.54) is 4.88 Å². The van der Waals surface area contributed by atoms with Crippen molar-refractivity contribution in [3.05, 3.63) is 21.9 Å². The second kappa shape index (κ2) is 6.70. The maximum Gasteiger partial charge on any atom is 0.104 e. The molecule has 2 N–H and O–H groups in total. The molecular weight excluding hydrogens is 274 g/mol. The number of aliphatic hydroxyl groups excluding tert-OH is 2. The van der Waals surface area contributed by atoms with E-state index in [0.717, 1.165) is 25.2 Å². The first-order chi connectivity index (χ1) is 9.54. The molecule has 2 heterocycles. The van der Waals surface area contributed by atoms with Crippen LogP contribution in [0.2, 0.25) is 0 Å². The molecule has 0 aliphatic carbocycles. The molecule has 1 unspecified atom stereocenters. The summed E-state index contributed by atoms with van der Waals surface area (Å²) in [5, 5.41) is 20.1.